The number of carbonyl (C=O) groups excluding carboxylic acids is 1. The van der Waals surface area contributed by atoms with Gasteiger partial charge in [0.2, 0.25) is 0 Å². The van der Waals surface area contributed by atoms with Crippen LogP contribution in [-0.2, 0) is 6.54 Å². The monoisotopic (exact) mass is 289 g/mol. The summed E-state index contributed by atoms with van der Waals surface area (Å²) >= 11 is 5.95. The first-order valence-electron chi connectivity index (χ1n) is 6.22. The lowest BCUT2D eigenvalue weighted by atomic mass is 10.2. The molecule has 0 fully saturated rings. The standard InChI is InChI=1S/C15H16ClN3O/c1-19(2)12-5-3-11(4-6-12)9-18-15(20)13-10-17-8-7-14(13)16/h3-8,10H,9H2,1-2H3,(H,18,20). The van der Waals surface area contributed by atoms with Crippen LogP contribution in [0.15, 0.2) is 42.7 Å². The lowest BCUT2D eigenvalue weighted by molar-refractivity contribution is 0.0950. The predicted molar refractivity (Wildman–Crippen MR) is 81.2 cm³/mol. The molecule has 4 nitrogen and oxygen atoms in total. The molecule has 0 unspecified atom stereocenters. The van der Waals surface area contributed by atoms with Crippen LogP contribution in [0.2, 0.25) is 5.02 Å². The third-order valence-electron chi connectivity index (χ3n) is 2.92. The van der Waals surface area contributed by atoms with Crippen molar-refractivity contribution in [1.82, 2.24) is 10.3 Å². The maximum absolute atomic E-state index is 12.0. The molecule has 0 spiro atoms. The molecule has 0 aliphatic rings. The van der Waals surface area contributed by atoms with Gasteiger partial charge in [-0.2, -0.15) is 0 Å². The Kier molecular flexibility index (Phi) is 4.58. The highest BCUT2D eigenvalue weighted by molar-refractivity contribution is 6.33. The highest BCUT2D eigenvalue weighted by atomic mass is 35.5. The van der Waals surface area contributed by atoms with Crippen LogP contribution in [-0.4, -0.2) is 25.0 Å². The minimum absolute atomic E-state index is 0.222. The van der Waals surface area contributed by atoms with Gasteiger partial charge in [-0.25, -0.2) is 0 Å². The Morgan fingerprint density at radius 1 is 1.25 bits per heavy atom. The summed E-state index contributed by atoms with van der Waals surface area (Å²) in [4.78, 5) is 17.9. The van der Waals surface area contributed by atoms with Crippen molar-refractivity contribution in [1.29, 1.82) is 0 Å². The molecule has 1 aromatic heterocycles. The van der Waals surface area contributed by atoms with E-state index in [1.165, 1.54) is 6.20 Å². The average Bonchev–Trinajstić information content (AvgIpc) is 2.45. The van der Waals surface area contributed by atoms with Crippen LogP contribution in [0.3, 0.4) is 0 Å². The molecular formula is C15H16ClN3O. The van der Waals surface area contributed by atoms with E-state index in [-0.39, 0.29) is 5.91 Å². The summed E-state index contributed by atoms with van der Waals surface area (Å²) in [5.41, 5.74) is 2.54. The highest BCUT2D eigenvalue weighted by Crippen LogP contribution is 2.14. The van der Waals surface area contributed by atoms with Gasteiger partial charge in [0.15, 0.2) is 0 Å². The summed E-state index contributed by atoms with van der Waals surface area (Å²) in [6.07, 6.45) is 3.02. The van der Waals surface area contributed by atoms with Gasteiger partial charge in [-0.3, -0.25) is 9.78 Å². The van der Waals surface area contributed by atoms with E-state index in [1.807, 2.05) is 43.3 Å². The predicted octanol–water partition coefficient (Wildman–Crippen LogP) is 2.73. The fraction of sp³-hybridized carbons (Fsp3) is 0.200. The second-order valence-electron chi connectivity index (χ2n) is 4.60. The smallest absolute Gasteiger partial charge is 0.254 e. The van der Waals surface area contributed by atoms with E-state index in [4.69, 9.17) is 11.6 Å². The molecule has 2 aromatic rings. The topological polar surface area (TPSA) is 45.2 Å². The van der Waals surface area contributed by atoms with Crippen molar-refractivity contribution in [2.24, 2.45) is 0 Å². The second kappa shape index (κ2) is 6.39. The van der Waals surface area contributed by atoms with Crippen molar-refractivity contribution in [3.05, 3.63) is 58.9 Å². The van der Waals surface area contributed by atoms with Gasteiger partial charge in [-0.15, -0.1) is 0 Å². The van der Waals surface area contributed by atoms with Gasteiger partial charge in [0.05, 0.1) is 10.6 Å². The molecule has 0 aliphatic heterocycles. The van der Waals surface area contributed by atoms with Gasteiger partial charge in [0.25, 0.3) is 5.91 Å². The third-order valence-corrected chi connectivity index (χ3v) is 3.25. The minimum atomic E-state index is -0.222. The van der Waals surface area contributed by atoms with Gasteiger partial charge in [0.1, 0.15) is 0 Å². The summed E-state index contributed by atoms with van der Waals surface area (Å²) < 4.78 is 0. The van der Waals surface area contributed by atoms with Crippen LogP contribution >= 0.6 is 11.6 Å². The van der Waals surface area contributed by atoms with Gasteiger partial charge < -0.3 is 10.2 Å². The number of benzene rings is 1. The number of aromatic nitrogens is 1. The number of halogens is 1. The van der Waals surface area contributed by atoms with Crippen molar-refractivity contribution in [2.45, 2.75) is 6.54 Å². The first-order valence-corrected chi connectivity index (χ1v) is 6.59. The number of nitrogens with one attached hydrogen (secondary N) is 1. The number of hydrogen-bond acceptors (Lipinski definition) is 3. The molecule has 0 saturated carbocycles. The number of amides is 1. The highest BCUT2D eigenvalue weighted by Gasteiger charge is 2.09. The number of anilines is 1. The molecule has 0 radical (unpaired) electrons. The molecule has 0 atom stereocenters. The Balaban J connectivity index is 1.98. The van der Waals surface area contributed by atoms with Crippen molar-refractivity contribution in [3.8, 4) is 0 Å². The molecule has 0 saturated heterocycles. The van der Waals surface area contributed by atoms with Crippen LogP contribution in [0.5, 0.6) is 0 Å². The Bertz CT molecular complexity index is 596. The van der Waals surface area contributed by atoms with Crippen LogP contribution in [0.25, 0.3) is 0 Å². The maximum Gasteiger partial charge on any atom is 0.254 e. The van der Waals surface area contributed by atoms with Crippen molar-refractivity contribution in [2.75, 3.05) is 19.0 Å². The molecule has 0 aliphatic carbocycles. The first-order chi connectivity index (χ1) is 9.58. The second-order valence-corrected chi connectivity index (χ2v) is 5.01. The van der Waals surface area contributed by atoms with E-state index < -0.39 is 0 Å². The van der Waals surface area contributed by atoms with Crippen LogP contribution in [0, 0.1) is 0 Å². The van der Waals surface area contributed by atoms with Gasteiger partial charge >= 0.3 is 0 Å². The quantitative estimate of drug-likeness (QED) is 0.941. The van der Waals surface area contributed by atoms with E-state index in [9.17, 15) is 4.79 Å². The van der Waals surface area contributed by atoms with Crippen molar-refractivity contribution in [3.63, 3.8) is 0 Å². The van der Waals surface area contributed by atoms with E-state index in [0.717, 1.165) is 11.3 Å². The third kappa shape index (κ3) is 3.48. The molecule has 1 amide bonds. The molecule has 104 valence electrons. The number of nitrogens with zero attached hydrogens (tertiary/aromatic N) is 2. The number of pyridine rings is 1. The summed E-state index contributed by atoms with van der Waals surface area (Å²) in [7, 11) is 3.97. The fourth-order valence-corrected chi connectivity index (χ4v) is 1.93. The summed E-state index contributed by atoms with van der Waals surface area (Å²) in [6, 6.07) is 9.60. The average molecular weight is 290 g/mol. The molecule has 1 heterocycles. The zero-order valence-electron chi connectivity index (χ0n) is 11.4. The number of carbonyl (C=O) groups is 1. The molecular weight excluding hydrogens is 274 g/mol. The van der Waals surface area contributed by atoms with Crippen LogP contribution in [0.4, 0.5) is 5.69 Å². The fourth-order valence-electron chi connectivity index (χ4n) is 1.73. The molecule has 0 bridgehead atoms. The maximum atomic E-state index is 12.0. The Morgan fingerprint density at radius 2 is 1.95 bits per heavy atom. The Morgan fingerprint density at radius 3 is 2.55 bits per heavy atom. The summed E-state index contributed by atoms with van der Waals surface area (Å²) in [6.45, 7) is 0.456. The van der Waals surface area contributed by atoms with Crippen LogP contribution < -0.4 is 10.2 Å². The minimum Gasteiger partial charge on any atom is -0.378 e. The van der Waals surface area contributed by atoms with E-state index in [2.05, 4.69) is 10.3 Å². The van der Waals surface area contributed by atoms with Crippen molar-refractivity contribution >= 4 is 23.2 Å². The zero-order chi connectivity index (χ0) is 14.5. The molecule has 1 N–H and O–H groups in total. The van der Waals surface area contributed by atoms with E-state index in [1.54, 1.807) is 12.3 Å². The summed E-state index contributed by atoms with van der Waals surface area (Å²) in [5.74, 6) is -0.222. The molecule has 2 rings (SSSR count). The molecule has 20 heavy (non-hydrogen) atoms. The van der Waals surface area contributed by atoms with Gasteiger partial charge in [-0.1, -0.05) is 23.7 Å². The van der Waals surface area contributed by atoms with Crippen molar-refractivity contribution < 1.29 is 4.79 Å². The number of hydrogen-bond donors (Lipinski definition) is 1. The van der Waals surface area contributed by atoms with Gasteiger partial charge in [-0.05, 0) is 23.8 Å². The molecule has 5 heteroatoms. The lowest BCUT2D eigenvalue weighted by Crippen LogP contribution is -2.23. The summed E-state index contributed by atoms with van der Waals surface area (Å²) in [5, 5.41) is 3.23. The largest absolute Gasteiger partial charge is 0.378 e. The molecule has 1 aromatic carbocycles. The Hall–Kier alpha value is -2.07. The zero-order valence-corrected chi connectivity index (χ0v) is 12.2. The van der Waals surface area contributed by atoms with Crippen LogP contribution in [0.1, 0.15) is 15.9 Å². The van der Waals surface area contributed by atoms with E-state index in [0.29, 0.717) is 17.1 Å². The van der Waals surface area contributed by atoms with E-state index >= 15 is 0 Å². The Labute approximate surface area is 123 Å². The number of rotatable bonds is 4. The first kappa shape index (κ1) is 14.3. The SMILES string of the molecule is CN(C)c1ccc(CNC(=O)c2cnccc2Cl)cc1. The van der Waals surface area contributed by atoms with Gasteiger partial charge in [0, 0.05) is 38.7 Å². The normalized spacial score (nSPS) is 10.2. The lowest BCUT2D eigenvalue weighted by Gasteiger charge is -2.13.